The minimum atomic E-state index is 0.0632. The van der Waals surface area contributed by atoms with Crippen LogP contribution in [0.3, 0.4) is 0 Å². The molecule has 1 atom stereocenters. The van der Waals surface area contributed by atoms with Gasteiger partial charge >= 0.3 is 0 Å². The lowest BCUT2D eigenvalue weighted by molar-refractivity contribution is -0.116. The minimum Gasteiger partial charge on any atom is -0.457 e. The lowest BCUT2D eigenvalue weighted by Gasteiger charge is -2.10. The molecule has 0 saturated heterocycles. The minimum absolute atomic E-state index is 0.0632. The monoisotopic (exact) mass is 293 g/mol. The molecule has 1 N–H and O–H groups in total. The number of nitrogens with one attached hydrogen (secondary N) is 1. The Labute approximate surface area is 130 Å². The third-order valence-corrected chi connectivity index (χ3v) is 3.68. The molecule has 0 aromatic heterocycles. The molecule has 0 spiro atoms. The number of hydrogen-bond donors (Lipinski definition) is 1. The van der Waals surface area contributed by atoms with Crippen LogP contribution in [-0.4, -0.2) is 5.91 Å². The summed E-state index contributed by atoms with van der Waals surface area (Å²) in [6.45, 7) is 0. The van der Waals surface area contributed by atoms with Gasteiger partial charge in [-0.3, -0.25) is 4.79 Å². The third-order valence-electron chi connectivity index (χ3n) is 3.68. The van der Waals surface area contributed by atoms with Gasteiger partial charge in [-0.05, 0) is 55.2 Å². The Bertz CT molecular complexity index is 647. The number of allylic oxidation sites excluding steroid dienone is 2. The van der Waals surface area contributed by atoms with Crippen molar-refractivity contribution in [2.75, 3.05) is 5.32 Å². The van der Waals surface area contributed by atoms with E-state index < -0.39 is 0 Å². The van der Waals surface area contributed by atoms with E-state index in [-0.39, 0.29) is 5.91 Å². The van der Waals surface area contributed by atoms with Crippen LogP contribution < -0.4 is 10.1 Å². The lowest BCUT2D eigenvalue weighted by Crippen LogP contribution is -2.14. The van der Waals surface area contributed by atoms with Crippen molar-refractivity contribution in [1.82, 2.24) is 0 Å². The number of anilines is 1. The summed E-state index contributed by atoms with van der Waals surface area (Å²) < 4.78 is 5.72. The van der Waals surface area contributed by atoms with Crippen LogP contribution in [0.1, 0.15) is 19.3 Å². The van der Waals surface area contributed by atoms with Crippen molar-refractivity contribution >= 4 is 11.6 Å². The molecule has 1 amide bonds. The van der Waals surface area contributed by atoms with Crippen LogP contribution in [0.2, 0.25) is 0 Å². The van der Waals surface area contributed by atoms with Gasteiger partial charge in [-0.2, -0.15) is 0 Å². The number of ether oxygens (including phenoxy) is 1. The van der Waals surface area contributed by atoms with E-state index in [9.17, 15) is 4.79 Å². The van der Waals surface area contributed by atoms with Crippen molar-refractivity contribution in [1.29, 1.82) is 0 Å². The highest BCUT2D eigenvalue weighted by Crippen LogP contribution is 2.24. The Hall–Kier alpha value is -2.55. The maximum absolute atomic E-state index is 12.0. The second-order valence-electron chi connectivity index (χ2n) is 5.46. The first-order valence-electron chi connectivity index (χ1n) is 7.59. The molecule has 22 heavy (non-hydrogen) atoms. The molecular formula is C19H19NO2. The third kappa shape index (κ3) is 3.98. The standard InChI is InChI=1S/C19H19NO2/c21-19(14-15-6-4-5-7-15)20-16-10-12-18(13-11-16)22-17-8-2-1-3-9-17/h1-4,6,8-13,15H,5,7,14H2,(H,20,21)/t15-/m1/s1. The van der Waals surface area contributed by atoms with Gasteiger partial charge in [-0.15, -0.1) is 0 Å². The van der Waals surface area contributed by atoms with E-state index in [4.69, 9.17) is 4.74 Å². The van der Waals surface area contributed by atoms with Crippen LogP contribution in [0.5, 0.6) is 11.5 Å². The first-order chi connectivity index (χ1) is 10.8. The Balaban J connectivity index is 1.54. The van der Waals surface area contributed by atoms with E-state index in [1.807, 2.05) is 54.6 Å². The van der Waals surface area contributed by atoms with Crippen molar-refractivity contribution < 1.29 is 9.53 Å². The maximum atomic E-state index is 12.0. The quantitative estimate of drug-likeness (QED) is 0.806. The number of para-hydroxylation sites is 1. The van der Waals surface area contributed by atoms with E-state index in [2.05, 4.69) is 17.5 Å². The molecule has 2 aromatic carbocycles. The summed E-state index contributed by atoms with van der Waals surface area (Å²) in [6, 6.07) is 17.1. The van der Waals surface area contributed by atoms with Gasteiger partial charge in [-0.1, -0.05) is 30.4 Å². The first-order valence-corrected chi connectivity index (χ1v) is 7.59. The molecule has 0 heterocycles. The molecule has 3 nitrogen and oxygen atoms in total. The highest BCUT2D eigenvalue weighted by molar-refractivity contribution is 5.91. The number of carbonyl (C=O) groups excluding carboxylic acids is 1. The van der Waals surface area contributed by atoms with Gasteiger partial charge in [0.05, 0.1) is 0 Å². The zero-order chi connectivity index (χ0) is 15.2. The summed E-state index contributed by atoms with van der Waals surface area (Å²) in [7, 11) is 0. The topological polar surface area (TPSA) is 38.3 Å². The number of benzene rings is 2. The van der Waals surface area contributed by atoms with Crippen molar-refractivity contribution in [2.24, 2.45) is 5.92 Å². The van der Waals surface area contributed by atoms with Crippen LogP contribution >= 0.6 is 0 Å². The molecule has 0 fully saturated rings. The average molecular weight is 293 g/mol. The largest absolute Gasteiger partial charge is 0.457 e. The summed E-state index contributed by atoms with van der Waals surface area (Å²) >= 11 is 0. The molecule has 3 heteroatoms. The zero-order valence-corrected chi connectivity index (χ0v) is 12.4. The Morgan fingerprint density at radius 1 is 1.05 bits per heavy atom. The average Bonchev–Trinajstić information content (AvgIpc) is 3.03. The van der Waals surface area contributed by atoms with Crippen LogP contribution in [-0.2, 0) is 4.79 Å². The van der Waals surface area contributed by atoms with Crippen LogP contribution in [0.15, 0.2) is 66.7 Å². The van der Waals surface area contributed by atoms with Gasteiger partial charge in [0.15, 0.2) is 0 Å². The SMILES string of the molecule is O=C(C[C@@H]1C=CCC1)Nc1ccc(Oc2ccccc2)cc1. The van der Waals surface area contributed by atoms with Gasteiger partial charge in [0.2, 0.25) is 5.91 Å². The Kier molecular flexibility index (Phi) is 4.54. The molecule has 1 aliphatic carbocycles. The van der Waals surface area contributed by atoms with E-state index in [1.54, 1.807) is 0 Å². The molecule has 0 radical (unpaired) electrons. The van der Waals surface area contributed by atoms with Crippen molar-refractivity contribution in [3.8, 4) is 11.5 Å². The summed E-state index contributed by atoms with van der Waals surface area (Å²) in [5, 5.41) is 2.93. The second-order valence-corrected chi connectivity index (χ2v) is 5.46. The number of hydrogen-bond acceptors (Lipinski definition) is 2. The summed E-state index contributed by atoms with van der Waals surface area (Å²) in [5.74, 6) is 2.00. The van der Waals surface area contributed by atoms with E-state index >= 15 is 0 Å². The molecule has 3 rings (SSSR count). The van der Waals surface area contributed by atoms with Crippen LogP contribution in [0.25, 0.3) is 0 Å². The van der Waals surface area contributed by atoms with Crippen molar-refractivity contribution in [3.05, 3.63) is 66.7 Å². The Morgan fingerprint density at radius 2 is 1.77 bits per heavy atom. The van der Waals surface area contributed by atoms with Gasteiger partial charge in [0, 0.05) is 12.1 Å². The summed E-state index contributed by atoms with van der Waals surface area (Å²) in [5.41, 5.74) is 0.799. The summed E-state index contributed by atoms with van der Waals surface area (Å²) in [4.78, 5) is 12.0. The predicted octanol–water partition coefficient (Wildman–Crippen LogP) is 4.77. The van der Waals surface area contributed by atoms with Gasteiger partial charge in [0.25, 0.3) is 0 Å². The molecule has 0 bridgehead atoms. The molecule has 112 valence electrons. The number of rotatable bonds is 5. The predicted molar refractivity (Wildman–Crippen MR) is 88.1 cm³/mol. The van der Waals surface area contributed by atoms with Crippen molar-refractivity contribution in [3.63, 3.8) is 0 Å². The van der Waals surface area contributed by atoms with E-state index in [0.717, 1.165) is 30.0 Å². The second kappa shape index (κ2) is 6.94. The highest BCUT2D eigenvalue weighted by atomic mass is 16.5. The molecule has 0 unspecified atom stereocenters. The number of amides is 1. The highest BCUT2D eigenvalue weighted by Gasteiger charge is 2.13. The molecule has 2 aromatic rings. The van der Waals surface area contributed by atoms with Crippen LogP contribution in [0, 0.1) is 5.92 Å². The Morgan fingerprint density at radius 3 is 2.45 bits per heavy atom. The fourth-order valence-electron chi connectivity index (χ4n) is 2.55. The fourth-order valence-corrected chi connectivity index (χ4v) is 2.55. The molecular weight excluding hydrogens is 274 g/mol. The van der Waals surface area contributed by atoms with Gasteiger partial charge in [-0.25, -0.2) is 0 Å². The lowest BCUT2D eigenvalue weighted by atomic mass is 10.1. The molecule has 0 aliphatic heterocycles. The smallest absolute Gasteiger partial charge is 0.224 e. The van der Waals surface area contributed by atoms with Gasteiger partial charge < -0.3 is 10.1 Å². The first kappa shape index (κ1) is 14.4. The van der Waals surface area contributed by atoms with Crippen LogP contribution in [0.4, 0.5) is 5.69 Å². The van der Waals surface area contributed by atoms with Crippen molar-refractivity contribution in [2.45, 2.75) is 19.3 Å². The fraction of sp³-hybridized carbons (Fsp3) is 0.211. The van der Waals surface area contributed by atoms with E-state index in [1.165, 1.54) is 0 Å². The van der Waals surface area contributed by atoms with E-state index in [0.29, 0.717) is 12.3 Å². The normalized spacial score (nSPS) is 16.5. The zero-order valence-electron chi connectivity index (χ0n) is 12.4. The summed E-state index contributed by atoms with van der Waals surface area (Å²) in [6.07, 6.45) is 7.00. The van der Waals surface area contributed by atoms with Gasteiger partial charge in [0.1, 0.15) is 11.5 Å². The molecule has 0 saturated carbocycles. The molecule has 1 aliphatic rings. The maximum Gasteiger partial charge on any atom is 0.224 e. The number of carbonyl (C=O) groups is 1.